The molecule has 3 aromatic heterocycles. The molecule has 154 valence electrons. The first-order valence-electron chi connectivity index (χ1n) is 8.89. The maximum absolute atomic E-state index is 12.7. The molecule has 29 heavy (non-hydrogen) atoms. The molecule has 3 heterocycles. The number of aromatic nitrogens is 6. The SMILES string of the molecule is Cc1nn(Cn2ccc(C(=O)Nc3c(C(=O)N(C)C)nn(C)c3C)n2)c(C)c1Cl. The summed E-state index contributed by atoms with van der Waals surface area (Å²) in [6, 6.07) is 1.60. The van der Waals surface area contributed by atoms with E-state index in [9.17, 15) is 9.59 Å². The molecule has 11 heteroatoms. The summed E-state index contributed by atoms with van der Waals surface area (Å²) >= 11 is 6.17. The van der Waals surface area contributed by atoms with Crippen molar-refractivity contribution in [2.24, 2.45) is 7.05 Å². The molecule has 0 bridgehead atoms. The van der Waals surface area contributed by atoms with Gasteiger partial charge in [-0.2, -0.15) is 15.3 Å². The van der Waals surface area contributed by atoms with Crippen molar-refractivity contribution in [1.82, 2.24) is 34.2 Å². The Bertz CT molecular complexity index is 1090. The van der Waals surface area contributed by atoms with Gasteiger partial charge in [0.2, 0.25) is 0 Å². The fourth-order valence-corrected chi connectivity index (χ4v) is 2.94. The fourth-order valence-electron chi connectivity index (χ4n) is 2.81. The number of amides is 2. The fraction of sp³-hybridized carbons (Fsp3) is 0.389. The average Bonchev–Trinajstić information content (AvgIpc) is 3.31. The number of rotatable bonds is 5. The second-order valence-corrected chi connectivity index (χ2v) is 7.33. The van der Waals surface area contributed by atoms with Crippen molar-refractivity contribution in [2.45, 2.75) is 27.4 Å². The van der Waals surface area contributed by atoms with Crippen LogP contribution in [0.15, 0.2) is 12.3 Å². The summed E-state index contributed by atoms with van der Waals surface area (Å²) in [5.74, 6) is -0.727. The number of nitrogens with one attached hydrogen (secondary N) is 1. The third-order valence-corrected chi connectivity index (χ3v) is 5.17. The third kappa shape index (κ3) is 3.88. The van der Waals surface area contributed by atoms with Crippen molar-refractivity contribution in [3.63, 3.8) is 0 Å². The molecule has 3 aromatic rings. The number of halogens is 1. The molecule has 10 nitrogen and oxygen atoms in total. The monoisotopic (exact) mass is 418 g/mol. The lowest BCUT2D eigenvalue weighted by Crippen LogP contribution is -2.24. The largest absolute Gasteiger partial charge is 0.343 e. The molecule has 0 spiro atoms. The van der Waals surface area contributed by atoms with Crippen molar-refractivity contribution in [1.29, 1.82) is 0 Å². The van der Waals surface area contributed by atoms with E-state index in [1.54, 1.807) is 54.4 Å². The van der Waals surface area contributed by atoms with Crippen LogP contribution in [-0.2, 0) is 13.7 Å². The van der Waals surface area contributed by atoms with Crippen molar-refractivity contribution in [2.75, 3.05) is 19.4 Å². The zero-order chi connectivity index (χ0) is 21.5. The Hall–Kier alpha value is -3.14. The normalized spacial score (nSPS) is 11.0. The van der Waals surface area contributed by atoms with E-state index >= 15 is 0 Å². The Morgan fingerprint density at radius 2 is 1.83 bits per heavy atom. The summed E-state index contributed by atoms with van der Waals surface area (Å²) in [6.45, 7) is 5.80. The van der Waals surface area contributed by atoms with Crippen LogP contribution in [0, 0.1) is 20.8 Å². The van der Waals surface area contributed by atoms with E-state index in [-0.39, 0.29) is 17.3 Å². The smallest absolute Gasteiger partial charge is 0.276 e. The molecule has 0 saturated carbocycles. The molecular weight excluding hydrogens is 396 g/mol. The maximum atomic E-state index is 12.7. The molecule has 0 aliphatic carbocycles. The first-order valence-corrected chi connectivity index (χ1v) is 9.27. The third-order valence-electron chi connectivity index (χ3n) is 4.63. The standard InChI is InChI=1S/C18H23ClN8O2/c1-10-14(19)11(2)27(21-10)9-26-8-7-13(22-26)17(28)20-15-12(3)25(6)23-16(15)18(29)24(4)5/h7-8H,9H2,1-6H3,(H,20,28). The van der Waals surface area contributed by atoms with Crippen LogP contribution < -0.4 is 5.32 Å². The summed E-state index contributed by atoms with van der Waals surface area (Å²) in [5.41, 5.74) is 2.99. The minimum absolute atomic E-state index is 0.181. The Morgan fingerprint density at radius 3 is 2.41 bits per heavy atom. The molecule has 3 rings (SSSR count). The maximum Gasteiger partial charge on any atom is 0.276 e. The molecule has 0 atom stereocenters. The number of hydrogen-bond donors (Lipinski definition) is 1. The van der Waals surface area contributed by atoms with Crippen LogP contribution in [0.5, 0.6) is 0 Å². The molecule has 1 N–H and O–H groups in total. The van der Waals surface area contributed by atoms with Gasteiger partial charge in [0.15, 0.2) is 11.4 Å². The van der Waals surface area contributed by atoms with Gasteiger partial charge in [0.25, 0.3) is 11.8 Å². The summed E-state index contributed by atoms with van der Waals surface area (Å²) < 4.78 is 4.86. The van der Waals surface area contributed by atoms with Gasteiger partial charge in [-0.05, 0) is 26.8 Å². The quantitative estimate of drug-likeness (QED) is 0.681. The molecule has 0 unspecified atom stereocenters. The van der Waals surface area contributed by atoms with Gasteiger partial charge in [-0.25, -0.2) is 4.68 Å². The summed E-state index contributed by atoms with van der Waals surface area (Å²) in [4.78, 5) is 26.5. The van der Waals surface area contributed by atoms with Gasteiger partial charge in [0, 0.05) is 27.3 Å². The average molecular weight is 419 g/mol. The second kappa shape index (κ2) is 7.70. The summed E-state index contributed by atoms with van der Waals surface area (Å²) in [6.07, 6.45) is 1.68. The number of carbonyl (C=O) groups excluding carboxylic acids is 2. The van der Waals surface area contributed by atoms with Crippen LogP contribution in [0.4, 0.5) is 5.69 Å². The van der Waals surface area contributed by atoms with Crippen molar-refractivity contribution < 1.29 is 9.59 Å². The predicted octanol–water partition coefficient (Wildman–Crippen LogP) is 1.85. The molecule has 0 aliphatic heterocycles. The molecule has 0 aliphatic rings. The van der Waals surface area contributed by atoms with Gasteiger partial charge in [0.05, 0.1) is 27.8 Å². The topological polar surface area (TPSA) is 103 Å². The molecule has 2 amide bonds. The van der Waals surface area contributed by atoms with E-state index in [0.29, 0.717) is 23.1 Å². The zero-order valence-corrected chi connectivity index (χ0v) is 17.9. The Labute approximate surface area is 173 Å². The van der Waals surface area contributed by atoms with Gasteiger partial charge in [0.1, 0.15) is 6.67 Å². The minimum Gasteiger partial charge on any atom is -0.343 e. The predicted molar refractivity (Wildman–Crippen MR) is 108 cm³/mol. The minimum atomic E-state index is -0.431. The highest BCUT2D eigenvalue weighted by Crippen LogP contribution is 2.22. The van der Waals surface area contributed by atoms with E-state index in [1.807, 2.05) is 13.8 Å². The van der Waals surface area contributed by atoms with Gasteiger partial charge < -0.3 is 10.2 Å². The van der Waals surface area contributed by atoms with Crippen LogP contribution in [0.1, 0.15) is 38.1 Å². The van der Waals surface area contributed by atoms with Crippen LogP contribution in [0.3, 0.4) is 0 Å². The number of carbonyl (C=O) groups is 2. The Morgan fingerprint density at radius 1 is 1.14 bits per heavy atom. The highest BCUT2D eigenvalue weighted by atomic mass is 35.5. The van der Waals surface area contributed by atoms with E-state index < -0.39 is 5.91 Å². The van der Waals surface area contributed by atoms with Gasteiger partial charge >= 0.3 is 0 Å². The molecule has 0 aromatic carbocycles. The molecule has 0 fully saturated rings. The second-order valence-electron chi connectivity index (χ2n) is 6.95. The Balaban J connectivity index is 1.81. The lowest BCUT2D eigenvalue weighted by atomic mass is 10.2. The first-order chi connectivity index (χ1) is 13.6. The summed E-state index contributed by atoms with van der Waals surface area (Å²) in [7, 11) is 4.97. The van der Waals surface area contributed by atoms with Gasteiger partial charge in [-0.3, -0.25) is 19.0 Å². The lowest BCUT2D eigenvalue weighted by molar-refractivity contribution is 0.0822. The molecule has 0 radical (unpaired) electrons. The van der Waals surface area contributed by atoms with Gasteiger partial charge in [-0.1, -0.05) is 11.6 Å². The van der Waals surface area contributed by atoms with E-state index in [1.165, 1.54) is 4.90 Å². The van der Waals surface area contributed by atoms with Crippen LogP contribution in [-0.4, -0.2) is 60.2 Å². The number of anilines is 1. The molecular formula is C18H23ClN8O2. The Kier molecular flexibility index (Phi) is 5.47. The van der Waals surface area contributed by atoms with Crippen molar-refractivity contribution in [3.8, 4) is 0 Å². The van der Waals surface area contributed by atoms with Crippen molar-refractivity contribution in [3.05, 3.63) is 45.8 Å². The lowest BCUT2D eigenvalue weighted by Gasteiger charge is -2.10. The van der Waals surface area contributed by atoms with Crippen LogP contribution >= 0.6 is 11.6 Å². The number of aryl methyl sites for hydroxylation is 2. The van der Waals surface area contributed by atoms with E-state index in [2.05, 4.69) is 20.6 Å². The van der Waals surface area contributed by atoms with Gasteiger partial charge in [-0.15, -0.1) is 0 Å². The van der Waals surface area contributed by atoms with Crippen LogP contribution in [0.2, 0.25) is 5.02 Å². The zero-order valence-electron chi connectivity index (χ0n) is 17.2. The van der Waals surface area contributed by atoms with Crippen molar-refractivity contribution >= 4 is 29.1 Å². The van der Waals surface area contributed by atoms with E-state index in [4.69, 9.17) is 11.6 Å². The van der Waals surface area contributed by atoms with Crippen LogP contribution in [0.25, 0.3) is 0 Å². The highest BCUT2D eigenvalue weighted by molar-refractivity contribution is 6.31. The number of nitrogens with zero attached hydrogens (tertiary/aromatic N) is 7. The van der Waals surface area contributed by atoms with E-state index in [0.717, 1.165) is 11.4 Å². The number of hydrogen-bond acceptors (Lipinski definition) is 5. The first kappa shape index (κ1) is 20.6. The summed E-state index contributed by atoms with van der Waals surface area (Å²) in [5, 5.41) is 16.3. The highest BCUT2D eigenvalue weighted by Gasteiger charge is 2.23. The molecule has 0 saturated heterocycles.